The summed E-state index contributed by atoms with van der Waals surface area (Å²) in [4.78, 5) is 10.5. The molecule has 7 nitrogen and oxygen atoms in total. The minimum atomic E-state index is -3.30. The van der Waals surface area contributed by atoms with Crippen molar-refractivity contribution >= 4 is 16.0 Å². The third kappa shape index (κ3) is 12.1. The molecule has 0 aliphatic carbocycles. The van der Waals surface area contributed by atoms with Crippen molar-refractivity contribution in [1.82, 2.24) is 4.31 Å². The molecule has 0 fully saturated rings. The van der Waals surface area contributed by atoms with Crippen molar-refractivity contribution in [2.24, 2.45) is 0 Å². The van der Waals surface area contributed by atoms with Crippen molar-refractivity contribution in [3.05, 3.63) is 35.9 Å². The number of carbonyl (C=O) groups is 1. The molecule has 0 spiro atoms. The third-order valence-corrected chi connectivity index (χ3v) is 5.69. The van der Waals surface area contributed by atoms with Crippen molar-refractivity contribution < 1.29 is 28.2 Å². The lowest BCUT2D eigenvalue weighted by Gasteiger charge is -2.20. The molecule has 2 N–H and O–H groups in total. The van der Waals surface area contributed by atoms with Gasteiger partial charge in [-0.05, 0) is 31.2 Å². The number of aliphatic hydroxyl groups excluding tert-OH is 1. The van der Waals surface area contributed by atoms with E-state index in [1.54, 1.807) is 0 Å². The van der Waals surface area contributed by atoms with E-state index < -0.39 is 22.1 Å². The Morgan fingerprint density at radius 1 is 1.07 bits per heavy atom. The zero-order valence-electron chi connectivity index (χ0n) is 16.6. The second-order valence-corrected chi connectivity index (χ2v) is 9.00. The average Bonchev–Trinajstić information content (AvgIpc) is 2.62. The smallest absolute Gasteiger partial charge is 0.303 e. The van der Waals surface area contributed by atoms with E-state index in [9.17, 15) is 18.3 Å². The fourth-order valence-corrected chi connectivity index (χ4v) is 3.76. The molecule has 0 amide bonds. The van der Waals surface area contributed by atoms with Crippen LogP contribution in [0.5, 0.6) is 0 Å². The van der Waals surface area contributed by atoms with Crippen LogP contribution in [0.1, 0.15) is 50.5 Å². The molecule has 0 aliphatic rings. The Bertz CT molecular complexity index is 650. The van der Waals surface area contributed by atoms with E-state index in [-0.39, 0.29) is 13.0 Å². The zero-order chi connectivity index (χ0) is 20.8. The van der Waals surface area contributed by atoms with Crippen LogP contribution in [0.15, 0.2) is 30.3 Å². The molecule has 0 aliphatic heterocycles. The third-order valence-electron chi connectivity index (χ3n) is 4.38. The molecule has 0 saturated heterocycles. The number of carboxylic acids is 1. The van der Waals surface area contributed by atoms with E-state index in [2.05, 4.69) is 0 Å². The lowest BCUT2D eigenvalue weighted by atomic mass is 10.1. The van der Waals surface area contributed by atoms with Crippen molar-refractivity contribution in [2.45, 2.75) is 57.7 Å². The Labute approximate surface area is 168 Å². The van der Waals surface area contributed by atoms with Gasteiger partial charge in [-0.1, -0.05) is 43.2 Å². The molecule has 1 rings (SSSR count). The minimum Gasteiger partial charge on any atom is -0.481 e. The lowest BCUT2D eigenvalue weighted by Crippen LogP contribution is -2.32. The molecule has 28 heavy (non-hydrogen) atoms. The largest absolute Gasteiger partial charge is 0.481 e. The summed E-state index contributed by atoms with van der Waals surface area (Å²) in [5, 5.41) is 18.6. The van der Waals surface area contributed by atoms with E-state index in [0.29, 0.717) is 45.4 Å². The van der Waals surface area contributed by atoms with E-state index >= 15 is 0 Å². The Morgan fingerprint density at radius 2 is 1.71 bits per heavy atom. The van der Waals surface area contributed by atoms with Gasteiger partial charge in [0.15, 0.2) is 0 Å². The summed E-state index contributed by atoms with van der Waals surface area (Å²) in [6, 6.07) is 9.71. The molecule has 1 aromatic rings. The minimum absolute atomic E-state index is 0.153. The number of benzene rings is 1. The van der Waals surface area contributed by atoms with Crippen molar-refractivity contribution in [3.63, 3.8) is 0 Å². The molecule has 0 aromatic heterocycles. The Balaban J connectivity index is 2.20. The summed E-state index contributed by atoms with van der Waals surface area (Å²) in [6.45, 7) is 1.45. The summed E-state index contributed by atoms with van der Waals surface area (Å²) in [5.74, 6) is -0.802. The summed E-state index contributed by atoms with van der Waals surface area (Å²) in [7, 11) is -3.30. The van der Waals surface area contributed by atoms with Crippen LogP contribution in [0, 0.1) is 0 Å². The molecule has 160 valence electrons. The summed E-state index contributed by atoms with van der Waals surface area (Å²) in [5.41, 5.74) is 1.04. The zero-order valence-corrected chi connectivity index (χ0v) is 17.4. The van der Waals surface area contributed by atoms with E-state index in [4.69, 9.17) is 9.84 Å². The molecule has 8 heteroatoms. The molecule has 0 heterocycles. The first-order valence-electron chi connectivity index (χ1n) is 9.75. The molecular formula is C20H33NO6S. The van der Waals surface area contributed by atoms with Gasteiger partial charge in [0, 0.05) is 19.5 Å². The number of sulfonamides is 1. The normalized spacial score (nSPS) is 13.0. The number of hydrogen-bond acceptors (Lipinski definition) is 5. The van der Waals surface area contributed by atoms with Gasteiger partial charge in [0.25, 0.3) is 0 Å². The maximum atomic E-state index is 11.9. The fraction of sp³-hybridized carbons (Fsp3) is 0.650. The monoisotopic (exact) mass is 415 g/mol. The molecule has 1 unspecified atom stereocenters. The van der Waals surface area contributed by atoms with E-state index in [0.717, 1.165) is 18.4 Å². The second kappa shape index (κ2) is 13.7. The number of aliphatic carboxylic acids is 1. The number of rotatable bonds is 16. The fourth-order valence-electron chi connectivity index (χ4n) is 2.84. The highest BCUT2D eigenvalue weighted by atomic mass is 32.2. The van der Waals surface area contributed by atoms with Gasteiger partial charge in [0.05, 0.1) is 25.6 Å². The summed E-state index contributed by atoms with van der Waals surface area (Å²) in [6.07, 6.45) is 4.65. The van der Waals surface area contributed by atoms with Crippen LogP contribution in [-0.4, -0.2) is 61.0 Å². The maximum absolute atomic E-state index is 11.9. The molecule has 0 saturated carbocycles. The Hall–Kier alpha value is -1.48. The Morgan fingerprint density at radius 3 is 2.36 bits per heavy atom. The Kier molecular flexibility index (Phi) is 12.0. The SMILES string of the molecule is CS(=O)(=O)N(CCCCCCC(=O)O)CCCC(O)COCc1ccccc1. The highest BCUT2D eigenvalue weighted by molar-refractivity contribution is 7.88. The standard InChI is InChI=1S/C20H33NO6S/c1-28(25,26)21(14-8-3-2-7-13-20(23)24)15-9-12-19(22)17-27-16-18-10-5-4-6-11-18/h4-6,10-11,19,22H,2-3,7-9,12-17H2,1H3,(H,23,24). The van der Waals surface area contributed by atoms with E-state index in [1.807, 2.05) is 30.3 Å². The van der Waals surface area contributed by atoms with Crippen LogP contribution in [-0.2, 0) is 26.2 Å². The van der Waals surface area contributed by atoms with Crippen LogP contribution in [0.3, 0.4) is 0 Å². The molecule has 0 bridgehead atoms. The van der Waals surface area contributed by atoms with Gasteiger partial charge in [-0.2, -0.15) is 0 Å². The van der Waals surface area contributed by atoms with Crippen LogP contribution < -0.4 is 0 Å². The highest BCUT2D eigenvalue weighted by Crippen LogP contribution is 2.10. The molecule has 0 radical (unpaired) electrons. The van der Waals surface area contributed by atoms with Crippen LogP contribution in [0.4, 0.5) is 0 Å². The van der Waals surface area contributed by atoms with Crippen molar-refractivity contribution in [2.75, 3.05) is 26.0 Å². The van der Waals surface area contributed by atoms with Crippen LogP contribution in [0.2, 0.25) is 0 Å². The van der Waals surface area contributed by atoms with Gasteiger partial charge < -0.3 is 14.9 Å². The molecule has 1 aromatic carbocycles. The van der Waals surface area contributed by atoms with Crippen molar-refractivity contribution in [3.8, 4) is 0 Å². The number of aliphatic hydroxyl groups is 1. The van der Waals surface area contributed by atoms with Gasteiger partial charge >= 0.3 is 5.97 Å². The second-order valence-electron chi connectivity index (χ2n) is 7.02. The number of nitrogens with zero attached hydrogens (tertiary/aromatic N) is 1. The van der Waals surface area contributed by atoms with Crippen LogP contribution >= 0.6 is 0 Å². The van der Waals surface area contributed by atoms with Crippen LogP contribution in [0.25, 0.3) is 0 Å². The summed E-state index contributed by atoms with van der Waals surface area (Å²) < 4.78 is 30.7. The predicted octanol–water partition coefficient (Wildman–Crippen LogP) is 2.64. The number of carboxylic acid groups (broad SMARTS) is 1. The quantitative estimate of drug-likeness (QED) is 0.402. The van der Waals surface area contributed by atoms with Crippen molar-refractivity contribution in [1.29, 1.82) is 0 Å². The first-order valence-corrected chi connectivity index (χ1v) is 11.6. The van der Waals surface area contributed by atoms with Gasteiger partial charge in [-0.25, -0.2) is 12.7 Å². The van der Waals surface area contributed by atoms with Gasteiger partial charge in [-0.3, -0.25) is 4.79 Å². The van der Waals surface area contributed by atoms with Gasteiger partial charge in [0.1, 0.15) is 0 Å². The molecule has 1 atom stereocenters. The van der Waals surface area contributed by atoms with Gasteiger partial charge in [0.2, 0.25) is 10.0 Å². The molecular weight excluding hydrogens is 382 g/mol. The first kappa shape index (κ1) is 24.6. The van der Waals surface area contributed by atoms with Gasteiger partial charge in [-0.15, -0.1) is 0 Å². The predicted molar refractivity (Wildman–Crippen MR) is 108 cm³/mol. The average molecular weight is 416 g/mol. The summed E-state index contributed by atoms with van der Waals surface area (Å²) >= 11 is 0. The lowest BCUT2D eigenvalue weighted by molar-refractivity contribution is -0.137. The maximum Gasteiger partial charge on any atom is 0.303 e. The highest BCUT2D eigenvalue weighted by Gasteiger charge is 2.16. The number of unbranched alkanes of at least 4 members (excludes halogenated alkanes) is 3. The number of ether oxygens (including phenoxy) is 1. The topological polar surface area (TPSA) is 104 Å². The first-order chi connectivity index (χ1) is 13.3. The van der Waals surface area contributed by atoms with E-state index in [1.165, 1.54) is 10.6 Å². The number of hydrogen-bond donors (Lipinski definition) is 2.